The van der Waals surface area contributed by atoms with Gasteiger partial charge in [-0.2, -0.15) is 0 Å². The van der Waals surface area contributed by atoms with Crippen molar-refractivity contribution in [2.75, 3.05) is 6.61 Å². The van der Waals surface area contributed by atoms with E-state index in [1.165, 1.54) is 0 Å². The van der Waals surface area contributed by atoms with Crippen LogP contribution < -0.4 is 0 Å². The average molecular weight is 184 g/mol. The van der Waals surface area contributed by atoms with Crippen molar-refractivity contribution in [1.29, 1.82) is 0 Å². The van der Waals surface area contributed by atoms with Crippen LogP contribution in [0.2, 0.25) is 0 Å². The van der Waals surface area contributed by atoms with Gasteiger partial charge in [0.1, 0.15) is 0 Å². The van der Waals surface area contributed by atoms with Gasteiger partial charge in [-0.05, 0) is 25.7 Å². The zero-order valence-corrected chi connectivity index (χ0v) is 8.77. The quantitative estimate of drug-likeness (QED) is 0.628. The van der Waals surface area contributed by atoms with Crippen LogP contribution in [-0.2, 0) is 9.53 Å². The highest BCUT2D eigenvalue weighted by Gasteiger charge is 2.39. The first-order valence-corrected chi connectivity index (χ1v) is 5.42. The maximum atomic E-state index is 11.6. The minimum atomic E-state index is -0.131. The van der Waals surface area contributed by atoms with Crippen LogP contribution in [0.15, 0.2) is 0 Å². The van der Waals surface area contributed by atoms with Gasteiger partial charge in [-0.25, -0.2) is 0 Å². The van der Waals surface area contributed by atoms with E-state index in [0.29, 0.717) is 6.61 Å². The molecule has 76 valence electrons. The topological polar surface area (TPSA) is 26.3 Å². The largest absolute Gasteiger partial charge is 0.465 e. The highest BCUT2D eigenvalue weighted by atomic mass is 16.5. The molecule has 1 saturated heterocycles. The monoisotopic (exact) mass is 184 g/mol. The van der Waals surface area contributed by atoms with Crippen LogP contribution >= 0.6 is 0 Å². The van der Waals surface area contributed by atoms with E-state index < -0.39 is 0 Å². The van der Waals surface area contributed by atoms with E-state index in [-0.39, 0.29) is 11.4 Å². The molecule has 0 aromatic heterocycles. The Morgan fingerprint density at radius 2 is 2.23 bits per heavy atom. The van der Waals surface area contributed by atoms with Gasteiger partial charge in [0.05, 0.1) is 12.0 Å². The summed E-state index contributed by atoms with van der Waals surface area (Å²) < 4.78 is 5.14. The molecular formula is C11H20O2. The summed E-state index contributed by atoms with van der Waals surface area (Å²) >= 11 is 0. The van der Waals surface area contributed by atoms with Crippen LogP contribution in [0.3, 0.4) is 0 Å². The van der Waals surface area contributed by atoms with Gasteiger partial charge in [-0.1, -0.05) is 26.7 Å². The summed E-state index contributed by atoms with van der Waals surface area (Å²) in [5.41, 5.74) is -0.131. The molecule has 1 aliphatic heterocycles. The first-order chi connectivity index (χ1) is 6.25. The zero-order chi connectivity index (χ0) is 9.73. The highest BCUT2D eigenvalue weighted by molar-refractivity contribution is 5.77. The third-order valence-corrected chi connectivity index (χ3v) is 3.15. The van der Waals surface area contributed by atoms with Crippen LogP contribution in [0.4, 0.5) is 0 Å². The molecule has 0 bridgehead atoms. The Morgan fingerprint density at radius 3 is 2.77 bits per heavy atom. The van der Waals surface area contributed by atoms with Gasteiger partial charge in [0.25, 0.3) is 0 Å². The second-order valence-electron chi connectivity index (χ2n) is 3.98. The molecule has 0 spiro atoms. The molecule has 0 aliphatic carbocycles. The van der Waals surface area contributed by atoms with Crippen molar-refractivity contribution >= 4 is 5.97 Å². The zero-order valence-electron chi connectivity index (χ0n) is 8.77. The van der Waals surface area contributed by atoms with Crippen molar-refractivity contribution in [3.63, 3.8) is 0 Å². The van der Waals surface area contributed by atoms with Gasteiger partial charge in [0, 0.05) is 0 Å². The molecule has 2 nitrogen and oxygen atoms in total. The number of rotatable bonds is 4. The van der Waals surface area contributed by atoms with Crippen molar-refractivity contribution in [1.82, 2.24) is 0 Å². The van der Waals surface area contributed by atoms with Crippen LogP contribution in [-0.4, -0.2) is 12.6 Å². The van der Waals surface area contributed by atoms with Crippen molar-refractivity contribution in [3.8, 4) is 0 Å². The molecule has 1 fully saturated rings. The lowest BCUT2D eigenvalue weighted by Gasteiger charge is -2.34. The number of hydrogen-bond acceptors (Lipinski definition) is 2. The molecule has 0 aromatic rings. The third-order valence-electron chi connectivity index (χ3n) is 3.15. The predicted molar refractivity (Wildman–Crippen MR) is 52.4 cm³/mol. The second-order valence-corrected chi connectivity index (χ2v) is 3.98. The Bertz CT molecular complexity index is 177. The smallest absolute Gasteiger partial charge is 0.312 e. The number of unbranched alkanes of at least 4 members (excludes halogenated alkanes) is 1. The lowest BCUT2D eigenvalue weighted by Crippen LogP contribution is -2.36. The number of carbonyl (C=O) groups excluding carboxylic acids is 1. The molecule has 0 aromatic carbocycles. The molecule has 0 saturated carbocycles. The summed E-state index contributed by atoms with van der Waals surface area (Å²) in [4.78, 5) is 11.6. The molecule has 2 heteroatoms. The Kier molecular flexibility index (Phi) is 3.76. The van der Waals surface area contributed by atoms with E-state index in [1.54, 1.807) is 0 Å². The van der Waals surface area contributed by atoms with Crippen LogP contribution in [0.5, 0.6) is 0 Å². The minimum Gasteiger partial charge on any atom is -0.465 e. The molecule has 0 amide bonds. The van der Waals surface area contributed by atoms with E-state index in [9.17, 15) is 4.79 Å². The Labute approximate surface area is 80.7 Å². The van der Waals surface area contributed by atoms with E-state index in [4.69, 9.17) is 4.74 Å². The SMILES string of the molecule is CCCCC1(CC)CCCOC1=O. The van der Waals surface area contributed by atoms with E-state index >= 15 is 0 Å². The van der Waals surface area contributed by atoms with Gasteiger partial charge < -0.3 is 4.74 Å². The number of cyclic esters (lactones) is 1. The maximum Gasteiger partial charge on any atom is 0.312 e. The lowest BCUT2D eigenvalue weighted by molar-refractivity contribution is -0.163. The summed E-state index contributed by atoms with van der Waals surface area (Å²) in [6, 6.07) is 0. The summed E-state index contributed by atoms with van der Waals surface area (Å²) in [5.74, 6) is 0.0506. The lowest BCUT2D eigenvalue weighted by atomic mass is 9.75. The van der Waals surface area contributed by atoms with Gasteiger partial charge in [0.2, 0.25) is 0 Å². The van der Waals surface area contributed by atoms with E-state index in [0.717, 1.165) is 38.5 Å². The predicted octanol–water partition coefficient (Wildman–Crippen LogP) is 2.91. The summed E-state index contributed by atoms with van der Waals surface area (Å²) in [5, 5.41) is 0. The first-order valence-electron chi connectivity index (χ1n) is 5.42. The van der Waals surface area contributed by atoms with Crippen LogP contribution in [0, 0.1) is 5.41 Å². The Morgan fingerprint density at radius 1 is 1.46 bits per heavy atom. The number of ether oxygens (including phenoxy) is 1. The van der Waals surface area contributed by atoms with Crippen molar-refractivity contribution in [3.05, 3.63) is 0 Å². The fourth-order valence-corrected chi connectivity index (χ4v) is 2.07. The maximum absolute atomic E-state index is 11.6. The van der Waals surface area contributed by atoms with E-state index in [1.807, 2.05) is 0 Å². The number of hydrogen-bond donors (Lipinski definition) is 0. The van der Waals surface area contributed by atoms with Crippen LogP contribution in [0.25, 0.3) is 0 Å². The fourth-order valence-electron chi connectivity index (χ4n) is 2.07. The van der Waals surface area contributed by atoms with E-state index in [2.05, 4.69) is 13.8 Å². The third kappa shape index (κ3) is 2.23. The second kappa shape index (κ2) is 4.64. The van der Waals surface area contributed by atoms with Gasteiger partial charge in [-0.3, -0.25) is 4.79 Å². The van der Waals surface area contributed by atoms with Crippen molar-refractivity contribution in [2.45, 2.75) is 52.4 Å². The molecule has 0 N–H and O–H groups in total. The molecule has 13 heavy (non-hydrogen) atoms. The van der Waals surface area contributed by atoms with Crippen molar-refractivity contribution in [2.24, 2.45) is 5.41 Å². The number of carbonyl (C=O) groups is 1. The number of esters is 1. The van der Waals surface area contributed by atoms with Gasteiger partial charge in [-0.15, -0.1) is 0 Å². The Balaban J connectivity index is 2.59. The highest BCUT2D eigenvalue weighted by Crippen LogP contribution is 2.38. The standard InChI is InChI=1S/C11H20O2/c1-3-5-7-11(4-2)8-6-9-13-10(11)12/h3-9H2,1-2H3. The van der Waals surface area contributed by atoms with Gasteiger partial charge >= 0.3 is 5.97 Å². The fraction of sp³-hybridized carbons (Fsp3) is 0.909. The molecule has 1 atom stereocenters. The molecule has 0 radical (unpaired) electrons. The Hall–Kier alpha value is -0.530. The molecule has 1 heterocycles. The summed E-state index contributed by atoms with van der Waals surface area (Å²) in [6.45, 7) is 4.90. The van der Waals surface area contributed by atoms with Crippen LogP contribution in [0.1, 0.15) is 52.4 Å². The molecule has 1 rings (SSSR count). The van der Waals surface area contributed by atoms with Gasteiger partial charge in [0.15, 0.2) is 0 Å². The summed E-state index contributed by atoms with van der Waals surface area (Å²) in [6.07, 6.45) is 6.33. The average Bonchev–Trinajstić information content (AvgIpc) is 2.17. The normalized spacial score (nSPS) is 28.6. The molecule has 1 unspecified atom stereocenters. The molecular weight excluding hydrogens is 164 g/mol. The molecule has 1 aliphatic rings. The summed E-state index contributed by atoms with van der Waals surface area (Å²) in [7, 11) is 0. The van der Waals surface area contributed by atoms with Crippen molar-refractivity contribution < 1.29 is 9.53 Å². The first kappa shape index (κ1) is 10.6. The minimum absolute atomic E-state index is 0.0506.